The molecule has 23 heavy (non-hydrogen) atoms. The second kappa shape index (κ2) is 9.91. The summed E-state index contributed by atoms with van der Waals surface area (Å²) >= 11 is 0. The highest BCUT2D eigenvalue weighted by molar-refractivity contribution is 6.83. The molecular weight excluding hydrogens is 308 g/mol. The van der Waals surface area contributed by atoms with Crippen molar-refractivity contribution in [3.63, 3.8) is 0 Å². The molecule has 0 heterocycles. The first-order chi connectivity index (χ1) is 10.6. The van der Waals surface area contributed by atoms with Gasteiger partial charge >= 0.3 is 11.9 Å². The summed E-state index contributed by atoms with van der Waals surface area (Å²) in [4.78, 5) is 21.6. The van der Waals surface area contributed by atoms with Crippen molar-refractivity contribution in [3.05, 3.63) is 11.6 Å². The van der Waals surface area contributed by atoms with Crippen molar-refractivity contribution in [3.8, 4) is 0 Å². The fourth-order valence-electron chi connectivity index (χ4n) is 4.18. The predicted molar refractivity (Wildman–Crippen MR) is 97.7 cm³/mol. The summed E-state index contributed by atoms with van der Waals surface area (Å²) in [6.45, 7) is 14.1. The zero-order valence-electron chi connectivity index (χ0n) is 15.6. The number of rotatable bonds is 11. The minimum atomic E-state index is -1.38. The molecule has 0 unspecified atom stereocenters. The van der Waals surface area contributed by atoms with Crippen LogP contribution in [-0.2, 0) is 9.59 Å². The summed E-state index contributed by atoms with van der Waals surface area (Å²) in [6.07, 6.45) is 3.97. The lowest BCUT2D eigenvalue weighted by atomic mass is 10.1. The van der Waals surface area contributed by atoms with Gasteiger partial charge in [-0.05, 0) is 12.8 Å². The first-order valence-electron chi connectivity index (χ1n) is 8.72. The Balaban J connectivity index is 4.58. The Bertz CT molecular complexity index is 403. The molecule has 0 aliphatic carbocycles. The van der Waals surface area contributed by atoms with E-state index in [1.165, 1.54) is 6.04 Å². The second-order valence-electron chi connectivity index (χ2n) is 7.45. The number of aliphatic carboxylic acids is 2. The van der Waals surface area contributed by atoms with Crippen LogP contribution in [0.3, 0.4) is 0 Å². The van der Waals surface area contributed by atoms with Gasteiger partial charge in [0.2, 0.25) is 0 Å². The third-order valence-corrected chi connectivity index (χ3v) is 13.0. The van der Waals surface area contributed by atoms with Crippen LogP contribution in [0.1, 0.15) is 67.2 Å². The highest BCUT2D eigenvalue weighted by atomic mass is 28.3. The fourth-order valence-corrected chi connectivity index (χ4v) is 10.8. The van der Waals surface area contributed by atoms with Gasteiger partial charge in [0.15, 0.2) is 0 Å². The summed E-state index contributed by atoms with van der Waals surface area (Å²) in [6, 6.07) is 1.27. The number of unbranched alkanes of at least 4 members (excludes halogenated alkanes) is 2. The molecule has 0 aromatic carbocycles. The van der Waals surface area contributed by atoms with Crippen molar-refractivity contribution >= 4 is 20.0 Å². The molecule has 0 rings (SSSR count). The van der Waals surface area contributed by atoms with Crippen LogP contribution in [0.15, 0.2) is 11.6 Å². The number of carboxylic acid groups (broad SMARTS) is 2. The van der Waals surface area contributed by atoms with Gasteiger partial charge in [-0.15, -0.1) is 0 Å². The molecule has 0 aliphatic heterocycles. The molecule has 4 nitrogen and oxygen atoms in total. The smallest absolute Gasteiger partial charge is 0.331 e. The van der Waals surface area contributed by atoms with Gasteiger partial charge in [0.25, 0.3) is 0 Å². The average Bonchev–Trinajstić information content (AvgIpc) is 2.39. The Hall–Kier alpha value is -1.10. The predicted octanol–water partition coefficient (Wildman–Crippen LogP) is 5.32. The number of carbonyl (C=O) groups is 2. The maximum absolute atomic E-state index is 11.0. The molecular formula is C18H34O4Si. The van der Waals surface area contributed by atoms with Crippen molar-refractivity contribution in [2.24, 2.45) is 0 Å². The molecule has 0 fully saturated rings. The molecule has 2 N–H and O–H groups in total. The van der Waals surface area contributed by atoms with Crippen LogP contribution in [0, 0.1) is 0 Å². The van der Waals surface area contributed by atoms with Crippen molar-refractivity contribution in [2.45, 2.75) is 89.9 Å². The monoisotopic (exact) mass is 342 g/mol. The van der Waals surface area contributed by atoms with Crippen LogP contribution in [0.2, 0.25) is 22.7 Å². The molecule has 0 bridgehead atoms. The lowest BCUT2D eigenvalue weighted by Gasteiger charge is -2.43. The summed E-state index contributed by atoms with van der Waals surface area (Å²) in [5.41, 5.74) is 2.22. The Kier molecular flexibility index (Phi) is 9.43. The number of hydrogen-bond donors (Lipinski definition) is 2. The van der Waals surface area contributed by atoms with Gasteiger partial charge in [0, 0.05) is 11.6 Å². The van der Waals surface area contributed by atoms with Gasteiger partial charge in [-0.2, -0.15) is 0 Å². The lowest BCUT2D eigenvalue weighted by Crippen LogP contribution is -2.44. The molecule has 0 aromatic heterocycles. The van der Waals surface area contributed by atoms with E-state index in [0.717, 1.165) is 42.0 Å². The third kappa shape index (κ3) is 6.49. The molecule has 0 spiro atoms. The molecule has 0 radical (unpaired) electrons. The first kappa shape index (κ1) is 21.9. The van der Waals surface area contributed by atoms with Gasteiger partial charge in [0.05, 0.1) is 8.07 Å². The minimum Gasteiger partial charge on any atom is -0.478 e. The average molecular weight is 343 g/mol. The van der Waals surface area contributed by atoms with E-state index in [1.54, 1.807) is 0 Å². The normalized spacial score (nSPS) is 13.2. The molecule has 0 aliphatic rings. The zero-order chi connectivity index (χ0) is 18.2. The van der Waals surface area contributed by atoms with Crippen LogP contribution < -0.4 is 0 Å². The fraction of sp³-hybridized carbons (Fsp3) is 0.778. The van der Waals surface area contributed by atoms with Crippen LogP contribution >= 0.6 is 0 Å². The molecule has 134 valence electrons. The Morgan fingerprint density at radius 2 is 1.35 bits per heavy atom. The van der Waals surface area contributed by atoms with Gasteiger partial charge < -0.3 is 10.2 Å². The van der Waals surface area contributed by atoms with Gasteiger partial charge in [0.1, 0.15) is 0 Å². The highest BCUT2D eigenvalue weighted by Crippen LogP contribution is 2.45. The van der Waals surface area contributed by atoms with Gasteiger partial charge in [-0.25, -0.2) is 9.59 Å². The van der Waals surface area contributed by atoms with E-state index in [0.29, 0.717) is 6.42 Å². The summed E-state index contributed by atoms with van der Waals surface area (Å²) in [5.74, 6) is -2.31. The first-order valence-corrected chi connectivity index (χ1v) is 11.2. The van der Waals surface area contributed by atoms with Crippen molar-refractivity contribution < 1.29 is 19.8 Å². The van der Waals surface area contributed by atoms with Crippen molar-refractivity contribution in [1.29, 1.82) is 0 Å². The van der Waals surface area contributed by atoms with Crippen LogP contribution in [-0.4, -0.2) is 30.2 Å². The molecule has 0 saturated heterocycles. The topological polar surface area (TPSA) is 74.6 Å². The Morgan fingerprint density at radius 3 is 1.70 bits per heavy atom. The van der Waals surface area contributed by atoms with E-state index in [9.17, 15) is 9.59 Å². The number of hydrogen-bond acceptors (Lipinski definition) is 2. The molecule has 0 atom stereocenters. The zero-order valence-corrected chi connectivity index (χ0v) is 16.6. The summed E-state index contributed by atoms with van der Waals surface area (Å²) in [7, 11) is -1.38. The summed E-state index contributed by atoms with van der Waals surface area (Å²) < 4.78 is 0. The highest BCUT2D eigenvalue weighted by Gasteiger charge is 2.41. The van der Waals surface area contributed by atoms with E-state index in [-0.39, 0.29) is 5.57 Å². The standard InChI is InChI=1S/C18H34O4Si/c1-13(2)23(14(3)4,15(5)6)11-9-7-8-10-16(18(21)22)12-17(19)20/h12-15H,7-11H2,1-6H3,(H,19,20)(H,21,22)/b16-12-. The largest absolute Gasteiger partial charge is 0.478 e. The van der Waals surface area contributed by atoms with Gasteiger partial charge in [-0.1, -0.05) is 77.1 Å². The Labute approximate surface area is 142 Å². The third-order valence-electron chi connectivity index (χ3n) is 5.35. The molecule has 0 amide bonds. The molecule has 5 heteroatoms. The minimum absolute atomic E-state index is 0.00223. The second-order valence-corrected chi connectivity index (χ2v) is 13.6. The lowest BCUT2D eigenvalue weighted by molar-refractivity contribution is -0.135. The van der Waals surface area contributed by atoms with Crippen molar-refractivity contribution in [1.82, 2.24) is 0 Å². The van der Waals surface area contributed by atoms with E-state index in [4.69, 9.17) is 10.2 Å². The quantitative estimate of drug-likeness (QED) is 0.303. The SMILES string of the molecule is CC(C)[Si](CCCCC/C(=C/C(=O)O)C(=O)O)(C(C)C)C(C)C. The molecule has 0 aromatic rings. The van der Waals surface area contributed by atoms with E-state index in [1.807, 2.05) is 0 Å². The Morgan fingerprint density at radius 1 is 0.870 bits per heavy atom. The van der Waals surface area contributed by atoms with E-state index < -0.39 is 20.0 Å². The van der Waals surface area contributed by atoms with E-state index in [2.05, 4.69) is 41.5 Å². The summed E-state index contributed by atoms with van der Waals surface area (Å²) in [5, 5.41) is 17.7. The number of carboxylic acids is 2. The maximum Gasteiger partial charge on any atom is 0.331 e. The van der Waals surface area contributed by atoms with Crippen molar-refractivity contribution in [2.75, 3.05) is 0 Å². The molecule has 0 saturated carbocycles. The maximum atomic E-state index is 11.0. The van der Waals surface area contributed by atoms with Crippen LogP contribution in [0.25, 0.3) is 0 Å². The van der Waals surface area contributed by atoms with E-state index >= 15 is 0 Å². The van der Waals surface area contributed by atoms with Gasteiger partial charge in [-0.3, -0.25) is 0 Å². The van der Waals surface area contributed by atoms with Crippen LogP contribution in [0.5, 0.6) is 0 Å². The van der Waals surface area contributed by atoms with Crippen LogP contribution in [0.4, 0.5) is 0 Å².